The standard InChI is InChI=1S/C25H30F3N3O/c1-15-10-17(3)22-21(12-15)31(19-11-16(2)13-24(4,5)14-19)23(30-22)29-18-6-8-20(9-7-18)32-25(26,27)28/h6-10,12,16,19H,11,13-14H2,1-5H3,(H,29,30)/t16-,19+/m0/s1. The fourth-order valence-electron chi connectivity index (χ4n) is 5.36. The number of nitrogens with one attached hydrogen (secondary N) is 1. The van der Waals surface area contributed by atoms with Crippen molar-refractivity contribution in [3.05, 3.63) is 47.5 Å². The van der Waals surface area contributed by atoms with E-state index in [1.54, 1.807) is 12.1 Å². The molecule has 7 heteroatoms. The van der Waals surface area contributed by atoms with Crippen molar-refractivity contribution in [2.45, 2.75) is 66.3 Å². The summed E-state index contributed by atoms with van der Waals surface area (Å²) in [5, 5.41) is 3.35. The molecule has 0 bridgehead atoms. The maximum Gasteiger partial charge on any atom is 0.573 e. The summed E-state index contributed by atoms with van der Waals surface area (Å²) in [6, 6.07) is 10.4. The Morgan fingerprint density at radius 2 is 1.78 bits per heavy atom. The van der Waals surface area contributed by atoms with Gasteiger partial charge in [-0.2, -0.15) is 0 Å². The van der Waals surface area contributed by atoms with Gasteiger partial charge in [0.2, 0.25) is 5.95 Å². The van der Waals surface area contributed by atoms with E-state index in [0.717, 1.165) is 29.4 Å². The van der Waals surface area contributed by atoms with Crippen molar-refractivity contribution in [3.63, 3.8) is 0 Å². The van der Waals surface area contributed by atoms with E-state index in [1.807, 2.05) is 0 Å². The van der Waals surface area contributed by atoms with E-state index in [0.29, 0.717) is 17.6 Å². The van der Waals surface area contributed by atoms with Crippen LogP contribution in [0.2, 0.25) is 0 Å². The molecule has 1 aliphatic carbocycles. The SMILES string of the molecule is Cc1cc(C)c2nc(Nc3ccc(OC(F)(F)F)cc3)n([C@@H]3C[C@H](C)CC(C)(C)C3)c2c1. The first kappa shape index (κ1) is 22.5. The summed E-state index contributed by atoms with van der Waals surface area (Å²) in [5.74, 6) is 1.07. The van der Waals surface area contributed by atoms with Crippen molar-refractivity contribution in [3.8, 4) is 5.75 Å². The van der Waals surface area contributed by atoms with Gasteiger partial charge in [-0.3, -0.25) is 0 Å². The highest BCUT2D eigenvalue weighted by atomic mass is 19.4. The number of benzene rings is 2. The lowest BCUT2D eigenvalue weighted by Crippen LogP contribution is -2.29. The molecule has 1 saturated carbocycles. The second-order valence-corrected chi connectivity index (χ2v) is 10.0. The molecule has 32 heavy (non-hydrogen) atoms. The first-order chi connectivity index (χ1) is 14.9. The number of imidazole rings is 1. The summed E-state index contributed by atoms with van der Waals surface area (Å²) in [6.45, 7) is 11.1. The zero-order chi connectivity index (χ0) is 23.3. The molecule has 0 radical (unpaired) electrons. The number of nitrogens with zero attached hydrogens (tertiary/aromatic N) is 2. The molecule has 2 aromatic carbocycles. The predicted octanol–water partition coefficient (Wildman–Crippen LogP) is 7.68. The number of alkyl halides is 3. The van der Waals surface area contributed by atoms with Crippen LogP contribution >= 0.6 is 0 Å². The van der Waals surface area contributed by atoms with Gasteiger partial charge in [-0.15, -0.1) is 13.2 Å². The number of aromatic nitrogens is 2. The molecule has 1 fully saturated rings. The fourth-order valence-corrected chi connectivity index (χ4v) is 5.36. The summed E-state index contributed by atoms with van der Waals surface area (Å²) >= 11 is 0. The molecule has 1 aliphatic rings. The Morgan fingerprint density at radius 3 is 2.41 bits per heavy atom. The predicted molar refractivity (Wildman–Crippen MR) is 121 cm³/mol. The minimum Gasteiger partial charge on any atom is -0.406 e. The normalized spacial score (nSPS) is 21.0. The number of hydrogen-bond acceptors (Lipinski definition) is 3. The third-order valence-corrected chi connectivity index (χ3v) is 6.20. The van der Waals surface area contributed by atoms with E-state index < -0.39 is 6.36 Å². The molecule has 0 unspecified atom stereocenters. The fraction of sp³-hybridized carbons (Fsp3) is 0.480. The molecule has 3 aromatic rings. The third-order valence-electron chi connectivity index (χ3n) is 6.20. The Kier molecular flexibility index (Phi) is 5.63. The summed E-state index contributed by atoms with van der Waals surface area (Å²) in [7, 11) is 0. The highest BCUT2D eigenvalue weighted by Crippen LogP contribution is 2.46. The van der Waals surface area contributed by atoms with Gasteiger partial charge in [-0.05, 0) is 85.9 Å². The van der Waals surface area contributed by atoms with Gasteiger partial charge in [0.15, 0.2) is 0 Å². The van der Waals surface area contributed by atoms with Crippen LogP contribution in [0.5, 0.6) is 5.75 Å². The van der Waals surface area contributed by atoms with Crippen molar-refractivity contribution in [1.82, 2.24) is 9.55 Å². The Balaban J connectivity index is 1.74. The summed E-state index contributed by atoms with van der Waals surface area (Å²) in [5.41, 5.74) is 5.22. The van der Waals surface area contributed by atoms with Gasteiger partial charge in [0, 0.05) is 11.7 Å². The number of rotatable bonds is 4. The Bertz CT molecular complexity index is 1120. The Labute approximate surface area is 186 Å². The molecule has 4 rings (SSSR count). The monoisotopic (exact) mass is 445 g/mol. The number of hydrogen-bond donors (Lipinski definition) is 1. The van der Waals surface area contributed by atoms with E-state index in [1.165, 1.54) is 24.1 Å². The topological polar surface area (TPSA) is 39.1 Å². The average molecular weight is 446 g/mol. The molecule has 1 heterocycles. The maximum atomic E-state index is 12.5. The highest BCUT2D eigenvalue weighted by Gasteiger charge is 2.35. The van der Waals surface area contributed by atoms with Gasteiger partial charge in [0.1, 0.15) is 5.75 Å². The van der Waals surface area contributed by atoms with Crippen molar-refractivity contribution in [2.75, 3.05) is 5.32 Å². The first-order valence-electron chi connectivity index (χ1n) is 11.0. The van der Waals surface area contributed by atoms with E-state index in [9.17, 15) is 13.2 Å². The van der Waals surface area contributed by atoms with Crippen LogP contribution in [0.3, 0.4) is 0 Å². The van der Waals surface area contributed by atoms with Crippen molar-refractivity contribution < 1.29 is 17.9 Å². The Hall–Kier alpha value is -2.70. The van der Waals surface area contributed by atoms with E-state index >= 15 is 0 Å². The van der Waals surface area contributed by atoms with Gasteiger partial charge in [-0.25, -0.2) is 4.98 Å². The smallest absolute Gasteiger partial charge is 0.406 e. The minimum atomic E-state index is -4.71. The van der Waals surface area contributed by atoms with Crippen LogP contribution in [0.25, 0.3) is 11.0 Å². The molecule has 1 N–H and O–H groups in total. The lowest BCUT2D eigenvalue weighted by Gasteiger charge is -2.40. The molecule has 1 aromatic heterocycles. The summed E-state index contributed by atoms with van der Waals surface area (Å²) in [6.07, 6.45) is -1.40. The second kappa shape index (κ2) is 8.01. The van der Waals surface area contributed by atoms with E-state index in [2.05, 4.69) is 61.4 Å². The molecule has 0 spiro atoms. The van der Waals surface area contributed by atoms with Crippen LogP contribution in [-0.4, -0.2) is 15.9 Å². The number of anilines is 2. The lowest BCUT2D eigenvalue weighted by atomic mass is 9.70. The van der Waals surface area contributed by atoms with Crippen LogP contribution in [0.1, 0.15) is 57.2 Å². The molecule has 4 nitrogen and oxygen atoms in total. The van der Waals surface area contributed by atoms with Gasteiger partial charge >= 0.3 is 6.36 Å². The third kappa shape index (κ3) is 4.87. The second-order valence-electron chi connectivity index (χ2n) is 10.0. The van der Waals surface area contributed by atoms with Crippen LogP contribution in [-0.2, 0) is 0 Å². The molecule has 0 aliphatic heterocycles. The van der Waals surface area contributed by atoms with Crippen molar-refractivity contribution >= 4 is 22.7 Å². The maximum absolute atomic E-state index is 12.5. The zero-order valence-corrected chi connectivity index (χ0v) is 19.2. The largest absolute Gasteiger partial charge is 0.573 e. The molecule has 172 valence electrons. The average Bonchev–Trinajstić information content (AvgIpc) is 2.98. The molecule has 0 saturated heterocycles. The van der Waals surface area contributed by atoms with Gasteiger partial charge in [-0.1, -0.05) is 26.8 Å². The van der Waals surface area contributed by atoms with Crippen LogP contribution in [0.4, 0.5) is 24.8 Å². The summed E-state index contributed by atoms with van der Waals surface area (Å²) < 4.78 is 43.7. The lowest BCUT2D eigenvalue weighted by molar-refractivity contribution is -0.274. The van der Waals surface area contributed by atoms with E-state index in [-0.39, 0.29) is 17.2 Å². The number of ether oxygens (including phenoxy) is 1. The van der Waals surface area contributed by atoms with Crippen molar-refractivity contribution in [2.24, 2.45) is 11.3 Å². The molecular weight excluding hydrogens is 415 g/mol. The number of fused-ring (bicyclic) bond motifs is 1. The van der Waals surface area contributed by atoms with Gasteiger partial charge < -0.3 is 14.6 Å². The molecular formula is C25H30F3N3O. The Morgan fingerprint density at radius 1 is 1.09 bits per heavy atom. The molecule has 2 atom stereocenters. The quantitative estimate of drug-likeness (QED) is 0.448. The highest BCUT2D eigenvalue weighted by molar-refractivity contribution is 5.83. The number of aryl methyl sites for hydroxylation is 2. The van der Waals surface area contributed by atoms with Gasteiger partial charge in [0.25, 0.3) is 0 Å². The zero-order valence-electron chi connectivity index (χ0n) is 19.2. The van der Waals surface area contributed by atoms with Crippen LogP contribution < -0.4 is 10.1 Å². The first-order valence-corrected chi connectivity index (χ1v) is 11.0. The minimum absolute atomic E-state index is 0.228. The molecule has 0 amide bonds. The summed E-state index contributed by atoms with van der Waals surface area (Å²) in [4.78, 5) is 4.92. The van der Waals surface area contributed by atoms with Crippen LogP contribution in [0, 0.1) is 25.2 Å². The van der Waals surface area contributed by atoms with Gasteiger partial charge in [0.05, 0.1) is 11.0 Å². The van der Waals surface area contributed by atoms with E-state index in [4.69, 9.17) is 4.98 Å². The number of halogens is 3. The van der Waals surface area contributed by atoms with Crippen molar-refractivity contribution in [1.29, 1.82) is 0 Å². The van der Waals surface area contributed by atoms with Crippen LogP contribution in [0.15, 0.2) is 36.4 Å².